The Hall–Kier alpha value is -0.0400. The minimum atomic E-state index is 0.515. The van der Waals surface area contributed by atoms with Crippen molar-refractivity contribution in [2.45, 2.75) is 99.0 Å². The van der Waals surface area contributed by atoms with Gasteiger partial charge in [0, 0.05) is 6.04 Å². The van der Waals surface area contributed by atoms with E-state index in [9.17, 15) is 0 Å². The molecule has 0 aromatic heterocycles. The van der Waals surface area contributed by atoms with Crippen molar-refractivity contribution in [2.75, 3.05) is 6.54 Å². The topological polar surface area (TPSA) is 12.0 Å². The molecule has 0 aliphatic heterocycles. The van der Waals surface area contributed by atoms with Crippen LogP contribution in [-0.4, -0.2) is 12.6 Å². The Morgan fingerprint density at radius 2 is 1.35 bits per heavy atom. The Morgan fingerprint density at radius 3 is 1.85 bits per heavy atom. The highest BCUT2D eigenvalue weighted by Crippen LogP contribution is 2.70. The average molecular weight is 282 g/mol. The number of rotatable bonds is 11. The first-order chi connectivity index (χ1) is 9.39. The molecule has 1 atom stereocenters. The molecule has 20 heavy (non-hydrogen) atoms. The van der Waals surface area contributed by atoms with Gasteiger partial charge in [-0.2, -0.15) is 0 Å². The molecule has 120 valence electrons. The summed E-state index contributed by atoms with van der Waals surface area (Å²) in [5, 5.41) is 3.84. The van der Waals surface area contributed by atoms with Crippen LogP contribution in [0.2, 0.25) is 0 Å². The van der Waals surface area contributed by atoms with E-state index in [0.29, 0.717) is 10.8 Å². The fraction of sp³-hybridized carbons (Fsp3) is 1.00. The van der Waals surface area contributed by atoms with Crippen LogP contribution in [0, 0.1) is 16.7 Å². The summed E-state index contributed by atoms with van der Waals surface area (Å²) in [6, 6.07) is 0.742. The van der Waals surface area contributed by atoms with Crippen molar-refractivity contribution < 1.29 is 0 Å². The molecule has 0 bridgehead atoms. The van der Waals surface area contributed by atoms with Crippen LogP contribution in [0.25, 0.3) is 0 Å². The first kappa shape index (κ1) is 18.0. The van der Waals surface area contributed by atoms with Gasteiger partial charge in [-0.1, -0.05) is 80.1 Å². The molecule has 0 heterocycles. The Kier molecular flexibility index (Phi) is 7.04. The van der Waals surface area contributed by atoms with Crippen molar-refractivity contribution in [1.29, 1.82) is 0 Å². The molecular weight excluding hydrogens is 242 g/mol. The van der Waals surface area contributed by atoms with E-state index in [2.05, 4.69) is 46.9 Å². The van der Waals surface area contributed by atoms with Gasteiger partial charge in [-0.25, -0.2) is 0 Å². The van der Waals surface area contributed by atoms with E-state index in [1.54, 1.807) is 0 Å². The molecular formula is C19H39N. The lowest BCUT2D eigenvalue weighted by Crippen LogP contribution is -2.34. The summed E-state index contributed by atoms with van der Waals surface area (Å²) in [5.41, 5.74) is 1.03. The smallest absolute Gasteiger partial charge is 0.0106 e. The molecule has 1 rings (SSSR count). The molecule has 1 saturated carbocycles. The predicted molar refractivity (Wildman–Crippen MR) is 91.1 cm³/mol. The average Bonchev–Trinajstić information content (AvgIpc) is 2.79. The molecule has 1 nitrogen and oxygen atoms in total. The van der Waals surface area contributed by atoms with E-state index in [-0.39, 0.29) is 0 Å². The molecule has 1 fully saturated rings. The normalized spacial score (nSPS) is 21.9. The van der Waals surface area contributed by atoms with Crippen molar-refractivity contribution in [2.24, 2.45) is 16.7 Å². The van der Waals surface area contributed by atoms with Gasteiger partial charge in [0.25, 0.3) is 0 Å². The zero-order chi connectivity index (χ0) is 15.2. The number of hydrogen-bond acceptors (Lipinski definition) is 1. The molecule has 1 aliphatic rings. The summed E-state index contributed by atoms with van der Waals surface area (Å²) in [6.07, 6.45) is 11.1. The van der Waals surface area contributed by atoms with E-state index in [1.807, 2.05) is 0 Å². The zero-order valence-corrected chi connectivity index (χ0v) is 15.0. The van der Waals surface area contributed by atoms with E-state index in [1.165, 1.54) is 57.9 Å². The number of nitrogens with one attached hydrogen (secondary N) is 1. The van der Waals surface area contributed by atoms with Gasteiger partial charge in [0.1, 0.15) is 0 Å². The highest BCUT2D eigenvalue weighted by Gasteiger charge is 2.66. The third-order valence-electron chi connectivity index (χ3n) is 6.06. The molecule has 0 radical (unpaired) electrons. The minimum absolute atomic E-state index is 0.515. The van der Waals surface area contributed by atoms with Crippen molar-refractivity contribution >= 4 is 0 Å². The van der Waals surface area contributed by atoms with Gasteiger partial charge < -0.3 is 5.32 Å². The second-order valence-electron chi connectivity index (χ2n) is 8.04. The van der Waals surface area contributed by atoms with Gasteiger partial charge in [0.05, 0.1) is 0 Å². The van der Waals surface area contributed by atoms with E-state index >= 15 is 0 Å². The van der Waals surface area contributed by atoms with Crippen LogP contribution in [0.1, 0.15) is 92.9 Å². The maximum atomic E-state index is 3.84. The summed E-state index contributed by atoms with van der Waals surface area (Å²) in [6.45, 7) is 15.6. The number of hydrogen-bond donors (Lipinski definition) is 1. The fourth-order valence-corrected chi connectivity index (χ4v) is 4.11. The van der Waals surface area contributed by atoms with Crippen LogP contribution >= 0.6 is 0 Å². The fourth-order valence-electron chi connectivity index (χ4n) is 4.11. The Balaban J connectivity index is 2.35. The van der Waals surface area contributed by atoms with Crippen molar-refractivity contribution in [1.82, 2.24) is 5.32 Å². The lowest BCUT2D eigenvalue weighted by atomic mass is 9.97. The maximum absolute atomic E-state index is 3.84. The Labute approximate surface area is 128 Å². The van der Waals surface area contributed by atoms with Gasteiger partial charge in [-0.3, -0.25) is 0 Å². The molecule has 0 saturated heterocycles. The lowest BCUT2D eigenvalue weighted by molar-refractivity contribution is 0.364. The Bertz CT molecular complexity index is 253. The van der Waals surface area contributed by atoms with Gasteiger partial charge in [-0.15, -0.1) is 0 Å². The minimum Gasteiger partial charge on any atom is -0.314 e. The second kappa shape index (κ2) is 7.82. The van der Waals surface area contributed by atoms with Crippen molar-refractivity contribution in [3.05, 3.63) is 0 Å². The van der Waals surface area contributed by atoms with E-state index in [4.69, 9.17) is 0 Å². The van der Waals surface area contributed by atoms with Crippen LogP contribution in [0.15, 0.2) is 0 Å². The molecule has 1 heteroatoms. The van der Waals surface area contributed by atoms with Crippen LogP contribution in [-0.2, 0) is 0 Å². The zero-order valence-electron chi connectivity index (χ0n) is 15.0. The highest BCUT2D eigenvalue weighted by molar-refractivity contribution is 5.16. The standard InChI is InChI=1S/C19H39N/c1-7-9-10-11-12-13-14-16(20-15-8-2)17-18(3,4)19(17,5)6/h16-17,20H,7-15H2,1-6H3. The van der Waals surface area contributed by atoms with Gasteiger partial charge >= 0.3 is 0 Å². The molecule has 0 aromatic carbocycles. The summed E-state index contributed by atoms with van der Waals surface area (Å²) in [5.74, 6) is 0.859. The third kappa shape index (κ3) is 4.23. The molecule has 0 amide bonds. The largest absolute Gasteiger partial charge is 0.314 e. The predicted octanol–water partition coefficient (Wildman–Crippen LogP) is 5.79. The van der Waals surface area contributed by atoms with E-state index < -0.39 is 0 Å². The second-order valence-corrected chi connectivity index (χ2v) is 8.04. The maximum Gasteiger partial charge on any atom is 0.0106 e. The van der Waals surface area contributed by atoms with E-state index in [0.717, 1.165) is 12.0 Å². The lowest BCUT2D eigenvalue weighted by Gasteiger charge is -2.21. The number of unbranched alkanes of at least 4 members (excludes halogenated alkanes) is 5. The highest BCUT2D eigenvalue weighted by atomic mass is 15.0. The quantitative estimate of drug-likeness (QED) is 0.473. The summed E-state index contributed by atoms with van der Waals surface area (Å²) < 4.78 is 0. The molecule has 1 unspecified atom stereocenters. The molecule has 0 aromatic rings. The SMILES string of the molecule is CCCCCCCCC(NCCC)C1C(C)(C)C1(C)C. The van der Waals surface area contributed by atoms with Crippen LogP contribution < -0.4 is 5.32 Å². The van der Waals surface area contributed by atoms with Gasteiger partial charge in [-0.05, 0) is 36.1 Å². The molecule has 1 N–H and O–H groups in total. The summed E-state index contributed by atoms with van der Waals surface area (Å²) >= 11 is 0. The van der Waals surface area contributed by atoms with Crippen LogP contribution in [0.5, 0.6) is 0 Å². The van der Waals surface area contributed by atoms with Gasteiger partial charge in [0.15, 0.2) is 0 Å². The molecule has 0 spiro atoms. The summed E-state index contributed by atoms with van der Waals surface area (Å²) in [7, 11) is 0. The first-order valence-electron chi connectivity index (χ1n) is 9.13. The summed E-state index contributed by atoms with van der Waals surface area (Å²) in [4.78, 5) is 0. The van der Waals surface area contributed by atoms with Crippen LogP contribution in [0.4, 0.5) is 0 Å². The third-order valence-corrected chi connectivity index (χ3v) is 6.06. The monoisotopic (exact) mass is 281 g/mol. The molecule has 1 aliphatic carbocycles. The van der Waals surface area contributed by atoms with Gasteiger partial charge in [0.2, 0.25) is 0 Å². The Morgan fingerprint density at radius 1 is 0.800 bits per heavy atom. The van der Waals surface area contributed by atoms with Crippen molar-refractivity contribution in [3.63, 3.8) is 0 Å². The first-order valence-corrected chi connectivity index (χ1v) is 9.13. The van der Waals surface area contributed by atoms with Crippen LogP contribution in [0.3, 0.4) is 0 Å². The van der Waals surface area contributed by atoms with Crippen molar-refractivity contribution in [3.8, 4) is 0 Å².